The van der Waals surface area contributed by atoms with Gasteiger partial charge in [-0.3, -0.25) is 9.48 Å². The Morgan fingerprint density at radius 3 is 2.61 bits per heavy atom. The number of rotatable bonds is 8. The van der Waals surface area contributed by atoms with Gasteiger partial charge in [0, 0.05) is 11.4 Å². The lowest BCUT2D eigenvalue weighted by atomic mass is 10.2. The molecule has 2 aromatic heterocycles. The van der Waals surface area contributed by atoms with Crippen LogP contribution in [0, 0.1) is 6.92 Å². The summed E-state index contributed by atoms with van der Waals surface area (Å²) in [6.45, 7) is 6.32. The van der Waals surface area contributed by atoms with Crippen LogP contribution in [-0.4, -0.2) is 34.3 Å². The van der Waals surface area contributed by atoms with Gasteiger partial charge < -0.3 is 10.1 Å². The van der Waals surface area contributed by atoms with Gasteiger partial charge in [0.2, 0.25) is 0 Å². The molecule has 0 aliphatic carbocycles. The average molecular weight is 400 g/mol. The van der Waals surface area contributed by atoms with Crippen LogP contribution in [0.25, 0.3) is 10.2 Å². The molecule has 0 bridgehead atoms. The number of thiophene rings is 1. The van der Waals surface area contributed by atoms with E-state index in [2.05, 4.69) is 10.4 Å². The van der Waals surface area contributed by atoms with Gasteiger partial charge in [-0.05, 0) is 31.4 Å². The number of carbonyl (C=O) groups excluding carboxylic acids is 2. The topological polar surface area (TPSA) is 73.2 Å². The Morgan fingerprint density at radius 1 is 1.21 bits per heavy atom. The summed E-state index contributed by atoms with van der Waals surface area (Å²) in [5.74, 6) is -0.749. The molecule has 0 atom stereocenters. The SMILES string of the molecule is CCC(CC)NC(=O)COC(=O)c1cc2c(C)nn(Cc3ccccc3)c2s1. The maximum absolute atomic E-state index is 12.4. The Bertz CT molecular complexity index is 958. The highest BCUT2D eigenvalue weighted by Crippen LogP contribution is 2.29. The van der Waals surface area contributed by atoms with Crippen LogP contribution >= 0.6 is 11.3 Å². The molecule has 6 nitrogen and oxygen atoms in total. The van der Waals surface area contributed by atoms with Crippen molar-refractivity contribution in [2.24, 2.45) is 0 Å². The number of benzene rings is 1. The largest absolute Gasteiger partial charge is 0.451 e. The van der Waals surface area contributed by atoms with Crippen LogP contribution in [0.1, 0.15) is 47.6 Å². The second kappa shape index (κ2) is 9.01. The Morgan fingerprint density at radius 2 is 1.93 bits per heavy atom. The van der Waals surface area contributed by atoms with E-state index in [-0.39, 0.29) is 18.6 Å². The monoisotopic (exact) mass is 399 g/mol. The van der Waals surface area contributed by atoms with E-state index in [0.29, 0.717) is 11.4 Å². The van der Waals surface area contributed by atoms with E-state index in [4.69, 9.17) is 4.74 Å². The zero-order valence-corrected chi connectivity index (χ0v) is 17.2. The van der Waals surface area contributed by atoms with Gasteiger partial charge in [-0.15, -0.1) is 11.3 Å². The van der Waals surface area contributed by atoms with Crippen LogP contribution in [0.3, 0.4) is 0 Å². The molecular formula is C21H25N3O3S. The molecule has 3 aromatic rings. The number of hydrogen-bond donors (Lipinski definition) is 1. The van der Waals surface area contributed by atoms with Gasteiger partial charge in [0.05, 0.1) is 12.2 Å². The number of ether oxygens (including phenoxy) is 1. The number of nitrogens with one attached hydrogen (secondary N) is 1. The second-order valence-electron chi connectivity index (χ2n) is 6.72. The molecule has 1 amide bonds. The third-order valence-electron chi connectivity index (χ3n) is 4.67. The summed E-state index contributed by atoms with van der Waals surface area (Å²) in [7, 11) is 0. The van der Waals surface area contributed by atoms with Crippen LogP contribution in [-0.2, 0) is 16.1 Å². The van der Waals surface area contributed by atoms with Gasteiger partial charge in [0.15, 0.2) is 6.61 Å². The lowest BCUT2D eigenvalue weighted by molar-refractivity contribution is -0.125. The molecule has 0 fully saturated rings. The molecular weight excluding hydrogens is 374 g/mol. The highest BCUT2D eigenvalue weighted by molar-refractivity contribution is 7.20. The predicted molar refractivity (Wildman–Crippen MR) is 111 cm³/mol. The summed E-state index contributed by atoms with van der Waals surface area (Å²) in [4.78, 5) is 25.7. The standard InChI is InChI=1S/C21H25N3O3S/c1-4-16(5-2)22-19(25)13-27-21(26)18-11-17-14(3)23-24(20(17)28-18)12-15-9-7-6-8-10-15/h6-11,16H,4-5,12-13H2,1-3H3,(H,22,25). The molecule has 0 spiro atoms. The van der Waals surface area contributed by atoms with Crippen molar-refractivity contribution in [2.75, 3.05) is 6.61 Å². The first-order chi connectivity index (χ1) is 13.5. The fourth-order valence-electron chi connectivity index (χ4n) is 3.04. The fraction of sp³-hybridized carbons (Fsp3) is 0.381. The highest BCUT2D eigenvalue weighted by Gasteiger charge is 2.19. The Balaban J connectivity index is 1.69. The molecule has 0 radical (unpaired) electrons. The summed E-state index contributed by atoms with van der Waals surface area (Å²) in [5.41, 5.74) is 2.01. The Kier molecular flexibility index (Phi) is 6.46. The van der Waals surface area contributed by atoms with Gasteiger partial charge in [0.1, 0.15) is 9.71 Å². The number of nitrogens with zero attached hydrogens (tertiary/aromatic N) is 2. The zero-order chi connectivity index (χ0) is 20.1. The van der Waals surface area contributed by atoms with Gasteiger partial charge in [-0.1, -0.05) is 44.2 Å². The van der Waals surface area contributed by atoms with E-state index in [1.54, 1.807) is 6.07 Å². The van der Waals surface area contributed by atoms with E-state index < -0.39 is 5.97 Å². The summed E-state index contributed by atoms with van der Waals surface area (Å²) in [5, 5.41) is 8.38. The number of fused-ring (bicyclic) bond motifs is 1. The third-order valence-corrected chi connectivity index (χ3v) is 5.80. The Hall–Kier alpha value is -2.67. The smallest absolute Gasteiger partial charge is 0.348 e. The highest BCUT2D eigenvalue weighted by atomic mass is 32.1. The first-order valence-corrected chi connectivity index (χ1v) is 10.3. The molecule has 0 aliphatic heterocycles. The number of carbonyl (C=O) groups is 2. The van der Waals surface area contributed by atoms with Gasteiger partial charge in [-0.2, -0.15) is 5.10 Å². The van der Waals surface area contributed by atoms with E-state index in [1.165, 1.54) is 11.3 Å². The van der Waals surface area contributed by atoms with Crippen LogP contribution < -0.4 is 5.32 Å². The molecule has 3 rings (SSSR count). The minimum atomic E-state index is -0.480. The first-order valence-electron chi connectivity index (χ1n) is 9.49. The lowest BCUT2D eigenvalue weighted by Crippen LogP contribution is -2.36. The molecule has 7 heteroatoms. The van der Waals surface area contributed by atoms with Gasteiger partial charge in [0.25, 0.3) is 5.91 Å². The van der Waals surface area contributed by atoms with E-state index in [9.17, 15) is 9.59 Å². The normalized spacial score (nSPS) is 11.1. The maximum atomic E-state index is 12.4. The first kappa shape index (κ1) is 20.1. The molecule has 28 heavy (non-hydrogen) atoms. The van der Waals surface area contributed by atoms with E-state index >= 15 is 0 Å². The minimum Gasteiger partial charge on any atom is -0.451 e. The van der Waals surface area contributed by atoms with E-state index in [1.807, 2.05) is 55.8 Å². The predicted octanol–water partition coefficient (Wildman–Crippen LogP) is 3.92. The number of esters is 1. The zero-order valence-electron chi connectivity index (χ0n) is 16.4. The number of aryl methyl sites for hydroxylation is 1. The van der Waals surface area contributed by atoms with Crippen LogP contribution in [0.5, 0.6) is 0 Å². The van der Waals surface area contributed by atoms with E-state index in [0.717, 1.165) is 34.3 Å². The molecule has 2 heterocycles. The molecule has 148 valence electrons. The number of amides is 1. The van der Waals surface area contributed by atoms with Crippen molar-refractivity contribution in [3.8, 4) is 0 Å². The summed E-state index contributed by atoms with van der Waals surface area (Å²) in [6.07, 6.45) is 1.70. The molecule has 0 saturated heterocycles. The van der Waals surface area contributed by atoms with Gasteiger partial charge >= 0.3 is 5.97 Å². The molecule has 0 unspecified atom stereocenters. The maximum Gasteiger partial charge on any atom is 0.348 e. The number of aromatic nitrogens is 2. The molecule has 1 N–H and O–H groups in total. The minimum absolute atomic E-state index is 0.113. The lowest BCUT2D eigenvalue weighted by Gasteiger charge is -2.14. The summed E-state index contributed by atoms with van der Waals surface area (Å²) >= 11 is 1.34. The second-order valence-corrected chi connectivity index (χ2v) is 7.75. The third kappa shape index (κ3) is 4.59. The van der Waals surface area contributed by atoms with Crippen molar-refractivity contribution in [2.45, 2.75) is 46.2 Å². The van der Waals surface area contributed by atoms with Crippen molar-refractivity contribution in [1.29, 1.82) is 0 Å². The quantitative estimate of drug-likeness (QED) is 0.583. The summed E-state index contributed by atoms with van der Waals surface area (Å²) in [6, 6.07) is 12.0. The van der Waals surface area contributed by atoms with Crippen LogP contribution in [0.15, 0.2) is 36.4 Å². The fourth-order valence-corrected chi connectivity index (χ4v) is 4.10. The van der Waals surface area contributed by atoms with Gasteiger partial charge in [-0.25, -0.2) is 4.79 Å². The van der Waals surface area contributed by atoms with Crippen molar-refractivity contribution < 1.29 is 14.3 Å². The van der Waals surface area contributed by atoms with Crippen LogP contribution in [0.2, 0.25) is 0 Å². The van der Waals surface area contributed by atoms with Crippen molar-refractivity contribution >= 4 is 33.4 Å². The molecule has 0 aliphatic rings. The Labute approximate surface area is 168 Å². The average Bonchev–Trinajstić information content (AvgIpc) is 3.26. The van der Waals surface area contributed by atoms with Crippen LogP contribution in [0.4, 0.5) is 0 Å². The molecule has 0 saturated carbocycles. The van der Waals surface area contributed by atoms with Crippen molar-refractivity contribution in [3.05, 3.63) is 52.5 Å². The van der Waals surface area contributed by atoms with Crippen molar-refractivity contribution in [3.63, 3.8) is 0 Å². The summed E-state index contributed by atoms with van der Waals surface area (Å²) < 4.78 is 7.11. The van der Waals surface area contributed by atoms with Crippen molar-refractivity contribution in [1.82, 2.24) is 15.1 Å². The molecule has 1 aromatic carbocycles. The number of hydrogen-bond acceptors (Lipinski definition) is 5.